The summed E-state index contributed by atoms with van der Waals surface area (Å²) in [7, 11) is -8.88. The second-order valence-corrected chi connectivity index (χ2v) is 8.83. The third kappa shape index (κ3) is 4.07. The summed E-state index contributed by atoms with van der Waals surface area (Å²) >= 11 is 6.25. The van der Waals surface area contributed by atoms with Crippen LogP contribution in [-0.4, -0.2) is 21.4 Å². The molecule has 2 aromatic carbocycles. The molecule has 0 heterocycles. The van der Waals surface area contributed by atoms with Crippen LogP contribution in [0.25, 0.3) is 0 Å². The molecular weight excluding hydrogens is 464 g/mol. The highest BCUT2D eigenvalue weighted by molar-refractivity contribution is 9.10. The van der Waals surface area contributed by atoms with E-state index in [0.717, 1.165) is 12.1 Å². The SMILES string of the molecule is O=S(=O)(O)c1ccc(Br)cc1OS(=O)(=O)c1ccc(Br)cc1. The summed E-state index contributed by atoms with van der Waals surface area (Å²) in [6.07, 6.45) is 0. The van der Waals surface area contributed by atoms with Crippen LogP contribution >= 0.6 is 31.9 Å². The molecule has 2 rings (SSSR count). The van der Waals surface area contributed by atoms with Crippen LogP contribution in [0.15, 0.2) is 61.2 Å². The molecule has 0 saturated carbocycles. The third-order valence-corrected chi connectivity index (χ3v) is 5.65. The molecule has 0 unspecified atom stereocenters. The molecule has 0 aromatic heterocycles. The van der Waals surface area contributed by atoms with Gasteiger partial charge in [0.05, 0.1) is 0 Å². The first-order valence-electron chi connectivity index (χ1n) is 5.57. The fraction of sp³-hybridized carbons (Fsp3) is 0. The molecule has 0 amide bonds. The van der Waals surface area contributed by atoms with Crippen molar-refractivity contribution >= 4 is 52.1 Å². The van der Waals surface area contributed by atoms with E-state index >= 15 is 0 Å². The number of benzene rings is 2. The zero-order valence-corrected chi connectivity index (χ0v) is 15.4. The van der Waals surface area contributed by atoms with Gasteiger partial charge < -0.3 is 4.18 Å². The Morgan fingerprint density at radius 3 is 1.95 bits per heavy atom. The van der Waals surface area contributed by atoms with Crippen molar-refractivity contribution in [2.24, 2.45) is 0 Å². The van der Waals surface area contributed by atoms with Gasteiger partial charge in [-0.05, 0) is 42.5 Å². The van der Waals surface area contributed by atoms with E-state index in [-0.39, 0.29) is 4.90 Å². The normalized spacial score (nSPS) is 12.1. The molecular formula is C12H8Br2O6S2. The van der Waals surface area contributed by atoms with Crippen molar-refractivity contribution < 1.29 is 25.6 Å². The Morgan fingerprint density at radius 1 is 0.864 bits per heavy atom. The van der Waals surface area contributed by atoms with Gasteiger partial charge in [-0.3, -0.25) is 4.55 Å². The Hall–Kier alpha value is -0.940. The van der Waals surface area contributed by atoms with E-state index in [2.05, 4.69) is 31.9 Å². The Labute approximate surface area is 144 Å². The van der Waals surface area contributed by atoms with Gasteiger partial charge in [-0.25, -0.2) is 0 Å². The van der Waals surface area contributed by atoms with Gasteiger partial charge in [-0.15, -0.1) is 0 Å². The van der Waals surface area contributed by atoms with Gasteiger partial charge in [-0.2, -0.15) is 16.8 Å². The fourth-order valence-electron chi connectivity index (χ4n) is 1.53. The van der Waals surface area contributed by atoms with Crippen molar-refractivity contribution in [3.8, 4) is 5.75 Å². The van der Waals surface area contributed by atoms with Crippen LogP contribution in [0.2, 0.25) is 0 Å². The van der Waals surface area contributed by atoms with E-state index in [1.165, 1.54) is 30.3 Å². The van der Waals surface area contributed by atoms with Gasteiger partial charge in [0.25, 0.3) is 10.1 Å². The van der Waals surface area contributed by atoms with Crippen LogP contribution < -0.4 is 4.18 Å². The molecule has 22 heavy (non-hydrogen) atoms. The Kier molecular flexibility index (Phi) is 4.97. The minimum atomic E-state index is -4.63. The van der Waals surface area contributed by atoms with Gasteiger partial charge in [0, 0.05) is 8.95 Å². The minimum absolute atomic E-state index is 0.156. The summed E-state index contributed by atoms with van der Waals surface area (Å²) in [5, 5.41) is 0. The summed E-state index contributed by atoms with van der Waals surface area (Å²) < 4.78 is 62.0. The standard InChI is InChI=1S/C12H8Br2O6S2/c13-8-1-4-10(5-2-8)22(18,19)20-11-7-9(14)3-6-12(11)21(15,16)17/h1-7H,(H,15,16,17). The summed E-state index contributed by atoms with van der Waals surface area (Å²) in [4.78, 5) is -0.798. The molecule has 0 aliphatic heterocycles. The predicted molar refractivity (Wildman–Crippen MR) is 85.9 cm³/mol. The second-order valence-electron chi connectivity index (χ2n) is 4.06. The van der Waals surface area contributed by atoms with Gasteiger partial charge >= 0.3 is 10.1 Å². The maximum Gasteiger partial charge on any atom is 0.339 e. The average Bonchev–Trinajstić information content (AvgIpc) is 2.37. The van der Waals surface area contributed by atoms with E-state index in [9.17, 15) is 16.8 Å². The van der Waals surface area contributed by atoms with Crippen LogP contribution in [-0.2, 0) is 20.2 Å². The second kappa shape index (κ2) is 6.28. The maximum atomic E-state index is 12.2. The third-order valence-electron chi connectivity index (χ3n) is 2.49. The molecule has 0 bridgehead atoms. The lowest BCUT2D eigenvalue weighted by atomic mass is 10.3. The molecule has 0 aliphatic rings. The zero-order valence-electron chi connectivity index (χ0n) is 10.6. The minimum Gasteiger partial charge on any atom is -0.377 e. The predicted octanol–water partition coefficient (Wildman–Crippen LogP) is 3.23. The topological polar surface area (TPSA) is 97.7 Å². The van der Waals surface area contributed by atoms with E-state index in [1.807, 2.05) is 0 Å². The van der Waals surface area contributed by atoms with Crippen molar-refractivity contribution in [2.75, 3.05) is 0 Å². The number of hydrogen-bond acceptors (Lipinski definition) is 5. The van der Waals surface area contributed by atoms with Crippen molar-refractivity contribution in [1.29, 1.82) is 0 Å². The van der Waals surface area contributed by atoms with Gasteiger partial charge in [-0.1, -0.05) is 31.9 Å². The summed E-state index contributed by atoms with van der Waals surface area (Å²) in [5.41, 5.74) is 0. The van der Waals surface area contributed by atoms with E-state index in [1.54, 1.807) is 0 Å². The highest BCUT2D eigenvalue weighted by Gasteiger charge is 2.23. The largest absolute Gasteiger partial charge is 0.377 e. The fourth-order valence-corrected chi connectivity index (χ4v) is 3.72. The smallest absolute Gasteiger partial charge is 0.339 e. The van der Waals surface area contributed by atoms with Gasteiger partial charge in [0.15, 0.2) is 5.75 Å². The number of rotatable bonds is 4. The molecule has 0 atom stereocenters. The van der Waals surface area contributed by atoms with Gasteiger partial charge in [0.1, 0.15) is 9.79 Å². The Morgan fingerprint density at radius 2 is 1.41 bits per heavy atom. The summed E-state index contributed by atoms with van der Waals surface area (Å²) in [5.74, 6) is -0.500. The van der Waals surface area contributed by atoms with Crippen molar-refractivity contribution in [2.45, 2.75) is 9.79 Å². The lowest BCUT2D eigenvalue weighted by molar-refractivity contribution is 0.463. The van der Waals surface area contributed by atoms with Crippen molar-refractivity contribution in [1.82, 2.24) is 0 Å². The van der Waals surface area contributed by atoms with Crippen LogP contribution in [0.3, 0.4) is 0 Å². The maximum absolute atomic E-state index is 12.2. The molecule has 1 N–H and O–H groups in total. The van der Waals surface area contributed by atoms with Crippen LogP contribution in [0, 0.1) is 0 Å². The first-order valence-corrected chi connectivity index (χ1v) is 10.00. The van der Waals surface area contributed by atoms with Crippen LogP contribution in [0.1, 0.15) is 0 Å². The molecule has 2 aromatic rings. The first-order chi connectivity index (χ1) is 10.1. The van der Waals surface area contributed by atoms with Crippen molar-refractivity contribution in [3.63, 3.8) is 0 Å². The number of hydrogen-bond donors (Lipinski definition) is 1. The quantitative estimate of drug-likeness (QED) is 0.543. The lowest BCUT2D eigenvalue weighted by Gasteiger charge is -2.10. The number of halogens is 2. The highest BCUT2D eigenvalue weighted by atomic mass is 79.9. The molecule has 0 aliphatic carbocycles. The summed E-state index contributed by atoms with van der Waals surface area (Å²) in [6.45, 7) is 0. The molecule has 0 spiro atoms. The van der Waals surface area contributed by atoms with Crippen LogP contribution in [0.4, 0.5) is 0 Å². The molecule has 10 heteroatoms. The lowest BCUT2D eigenvalue weighted by Crippen LogP contribution is -2.12. The van der Waals surface area contributed by atoms with E-state index < -0.39 is 30.9 Å². The first kappa shape index (κ1) is 17.4. The molecule has 6 nitrogen and oxygen atoms in total. The van der Waals surface area contributed by atoms with Crippen molar-refractivity contribution in [3.05, 3.63) is 51.4 Å². The van der Waals surface area contributed by atoms with Crippen LogP contribution in [0.5, 0.6) is 5.75 Å². The van der Waals surface area contributed by atoms with E-state index in [0.29, 0.717) is 8.95 Å². The highest BCUT2D eigenvalue weighted by Crippen LogP contribution is 2.30. The molecule has 118 valence electrons. The Balaban J connectivity index is 2.50. The molecule has 0 fully saturated rings. The molecule has 0 saturated heterocycles. The summed E-state index contributed by atoms with van der Waals surface area (Å²) in [6, 6.07) is 9.10. The molecule has 0 radical (unpaired) electrons. The monoisotopic (exact) mass is 470 g/mol. The van der Waals surface area contributed by atoms with E-state index in [4.69, 9.17) is 8.74 Å². The Bertz CT molecular complexity index is 905. The zero-order chi connectivity index (χ0) is 16.5. The van der Waals surface area contributed by atoms with Gasteiger partial charge in [0.2, 0.25) is 0 Å². The average molecular weight is 472 g/mol.